The van der Waals surface area contributed by atoms with Crippen LogP contribution in [0.1, 0.15) is 78.6 Å². The number of hydrogen-bond acceptors (Lipinski definition) is 5. The van der Waals surface area contributed by atoms with E-state index in [-0.39, 0.29) is 22.9 Å². The summed E-state index contributed by atoms with van der Waals surface area (Å²) in [5.74, 6) is 3.12. The van der Waals surface area contributed by atoms with Gasteiger partial charge in [-0.2, -0.15) is 8.42 Å². The van der Waals surface area contributed by atoms with Crippen molar-refractivity contribution in [1.29, 1.82) is 0 Å². The number of nitrogens with zero attached hydrogens (tertiary/aromatic N) is 1. The minimum absolute atomic E-state index is 0.182. The van der Waals surface area contributed by atoms with Crippen molar-refractivity contribution in [3.8, 4) is 0 Å². The Hall–Kier alpha value is -1.31. The number of pyridine rings is 1. The molecule has 0 bridgehead atoms. The van der Waals surface area contributed by atoms with E-state index in [0.29, 0.717) is 35.9 Å². The average Bonchev–Trinajstić information content (AvgIpc) is 3.12. The van der Waals surface area contributed by atoms with E-state index >= 15 is 0 Å². The summed E-state index contributed by atoms with van der Waals surface area (Å²) in [5.41, 5.74) is 0.416. The highest BCUT2D eigenvalue weighted by atomic mass is 32.3. The Labute approximate surface area is 198 Å². The molecular weight excluding hydrogens is 438 g/mol. The molecule has 184 valence electrons. The summed E-state index contributed by atoms with van der Waals surface area (Å²) in [5, 5.41) is 0. The van der Waals surface area contributed by atoms with E-state index < -0.39 is 10.4 Å². The molecule has 4 saturated carbocycles. The zero-order valence-electron chi connectivity index (χ0n) is 20.2. The molecule has 8 atom stereocenters. The van der Waals surface area contributed by atoms with Gasteiger partial charge >= 0.3 is 10.4 Å². The minimum Gasteiger partial charge on any atom is -0.300 e. The van der Waals surface area contributed by atoms with Gasteiger partial charge in [0, 0.05) is 18.3 Å². The van der Waals surface area contributed by atoms with Crippen molar-refractivity contribution < 1.29 is 21.9 Å². The maximum atomic E-state index is 12.2. The van der Waals surface area contributed by atoms with Crippen LogP contribution >= 0.6 is 0 Å². The molecule has 0 unspecified atom stereocenters. The highest BCUT2D eigenvalue weighted by Gasteiger charge is 2.60. The molecule has 4 fully saturated rings. The molecule has 33 heavy (non-hydrogen) atoms. The fourth-order valence-corrected chi connectivity index (χ4v) is 8.98. The molecule has 0 aliphatic heterocycles. The van der Waals surface area contributed by atoms with Gasteiger partial charge in [0.25, 0.3) is 0 Å². The van der Waals surface area contributed by atoms with Gasteiger partial charge in [-0.1, -0.05) is 19.9 Å². The molecule has 1 aromatic heterocycles. The molecule has 0 radical (unpaired) electrons. The van der Waals surface area contributed by atoms with E-state index in [9.17, 15) is 13.2 Å². The molecule has 0 saturated heterocycles. The second-order valence-corrected chi connectivity index (χ2v) is 12.4. The quantitative estimate of drug-likeness (QED) is 0.578. The van der Waals surface area contributed by atoms with Crippen molar-refractivity contribution in [1.82, 2.24) is 4.98 Å². The van der Waals surface area contributed by atoms with Gasteiger partial charge in [-0.25, -0.2) is 4.18 Å². The Kier molecular flexibility index (Phi) is 7.05. The minimum atomic E-state index is -4.37. The third-order valence-corrected chi connectivity index (χ3v) is 10.4. The Morgan fingerprint density at radius 3 is 2.18 bits per heavy atom. The molecule has 1 aromatic rings. The fourth-order valence-electron chi connectivity index (χ4n) is 8.46. The fraction of sp³-hybridized carbons (Fsp3) is 0.769. The van der Waals surface area contributed by atoms with Crippen molar-refractivity contribution >= 4 is 16.2 Å². The number of carbonyl (C=O) groups is 1. The van der Waals surface area contributed by atoms with Crippen molar-refractivity contribution in [2.45, 2.75) is 84.7 Å². The Morgan fingerprint density at radius 2 is 1.61 bits per heavy atom. The normalized spacial score (nSPS) is 42.2. The Balaban J connectivity index is 0.000000376. The highest BCUT2D eigenvalue weighted by Crippen LogP contribution is 2.67. The van der Waals surface area contributed by atoms with Crippen LogP contribution in [0.4, 0.5) is 0 Å². The Bertz CT molecular complexity index is 911. The van der Waals surface area contributed by atoms with Gasteiger partial charge in [-0.05, 0) is 111 Å². The predicted octanol–water partition coefficient (Wildman–Crippen LogP) is 5.50. The smallest absolute Gasteiger partial charge is 0.300 e. The van der Waals surface area contributed by atoms with Crippen LogP contribution in [0, 0.1) is 40.4 Å². The SMILES string of the molecule is CC(=O)[C@H]1CC[C@H]2[C@@H]3CC[C@H]4C[C@H](OS(=O)(=O)O)CC[C@]4(C)[C@H]3CC[C@]12C.c1ccncc1. The van der Waals surface area contributed by atoms with Gasteiger partial charge in [0.05, 0.1) is 6.10 Å². The van der Waals surface area contributed by atoms with E-state index in [1.165, 1.54) is 19.3 Å². The van der Waals surface area contributed by atoms with Crippen molar-refractivity contribution in [3.05, 3.63) is 30.6 Å². The second-order valence-electron chi connectivity index (χ2n) is 11.4. The van der Waals surface area contributed by atoms with Crippen molar-refractivity contribution in [2.24, 2.45) is 40.4 Å². The van der Waals surface area contributed by atoms with Crippen LogP contribution in [0.15, 0.2) is 30.6 Å². The number of rotatable bonds is 3. The lowest BCUT2D eigenvalue weighted by atomic mass is 9.44. The summed E-state index contributed by atoms with van der Waals surface area (Å²) >= 11 is 0. The van der Waals surface area contributed by atoms with Gasteiger partial charge < -0.3 is 0 Å². The van der Waals surface area contributed by atoms with Gasteiger partial charge in [-0.3, -0.25) is 14.3 Å². The molecule has 0 amide bonds. The first-order valence-electron chi connectivity index (χ1n) is 12.6. The first-order valence-corrected chi connectivity index (χ1v) is 13.9. The molecule has 0 aromatic carbocycles. The van der Waals surface area contributed by atoms with Crippen LogP contribution in [0.25, 0.3) is 0 Å². The first kappa shape index (κ1) is 24.8. The summed E-state index contributed by atoms with van der Waals surface area (Å²) in [7, 11) is -4.37. The van der Waals surface area contributed by atoms with Crippen molar-refractivity contribution in [3.63, 3.8) is 0 Å². The zero-order chi connectivity index (χ0) is 23.9. The summed E-state index contributed by atoms with van der Waals surface area (Å²) in [6.45, 7) is 6.57. The number of Topliss-reactive ketones (excluding diaryl/α,β-unsaturated/α-hetero) is 1. The molecule has 4 aliphatic carbocycles. The van der Waals surface area contributed by atoms with Crippen LogP contribution in [0.5, 0.6) is 0 Å². The van der Waals surface area contributed by atoms with Crippen LogP contribution in [-0.4, -0.2) is 29.8 Å². The molecule has 6 nitrogen and oxygen atoms in total. The predicted molar refractivity (Wildman–Crippen MR) is 127 cm³/mol. The molecule has 1 N–H and O–H groups in total. The molecule has 4 aliphatic rings. The second kappa shape index (κ2) is 9.38. The van der Waals surface area contributed by atoms with Crippen molar-refractivity contribution in [2.75, 3.05) is 0 Å². The first-order chi connectivity index (χ1) is 15.5. The molecule has 0 spiro atoms. The van der Waals surface area contributed by atoms with E-state index in [1.807, 2.05) is 18.2 Å². The third kappa shape index (κ3) is 4.92. The van der Waals surface area contributed by atoms with Crippen LogP contribution in [0.2, 0.25) is 0 Å². The number of aromatic nitrogens is 1. The maximum absolute atomic E-state index is 12.2. The Morgan fingerprint density at radius 1 is 0.939 bits per heavy atom. The van der Waals surface area contributed by atoms with Crippen LogP contribution in [0.3, 0.4) is 0 Å². The lowest BCUT2D eigenvalue weighted by Crippen LogP contribution is -2.54. The number of ketones is 1. The summed E-state index contributed by atoms with van der Waals surface area (Å²) < 4.78 is 36.2. The van der Waals surface area contributed by atoms with Gasteiger partial charge in [-0.15, -0.1) is 0 Å². The summed E-state index contributed by atoms with van der Waals surface area (Å²) in [6.07, 6.45) is 12.4. The highest BCUT2D eigenvalue weighted by molar-refractivity contribution is 7.80. The molecule has 1 heterocycles. The zero-order valence-corrected chi connectivity index (χ0v) is 21.0. The maximum Gasteiger partial charge on any atom is 0.397 e. The van der Waals surface area contributed by atoms with E-state index in [4.69, 9.17) is 8.74 Å². The lowest BCUT2D eigenvalue weighted by molar-refractivity contribution is -0.137. The van der Waals surface area contributed by atoms with Crippen LogP contribution in [-0.2, 0) is 19.4 Å². The lowest BCUT2D eigenvalue weighted by Gasteiger charge is -2.61. The molecule has 7 heteroatoms. The van der Waals surface area contributed by atoms with E-state index in [1.54, 1.807) is 19.3 Å². The standard InChI is InChI=1S/C21H34O5S.C5H5N/c1-13(22)17-6-7-18-16-5-4-14-12-15(26-27(23,24)25)8-10-20(14,2)19(16)9-11-21(17,18)3;1-2-4-6-5-3-1/h14-19H,4-12H2,1-3H3,(H,23,24,25);1-5H/t14-,15+,16-,17+,18-,19-,20-,21+;/m0./s1. The van der Waals surface area contributed by atoms with E-state index in [2.05, 4.69) is 18.8 Å². The summed E-state index contributed by atoms with van der Waals surface area (Å²) in [6, 6.07) is 5.72. The third-order valence-electron chi connectivity index (χ3n) is 9.93. The van der Waals surface area contributed by atoms with Crippen LogP contribution < -0.4 is 0 Å². The number of fused-ring (bicyclic) bond motifs is 5. The topological polar surface area (TPSA) is 93.6 Å². The average molecular weight is 478 g/mol. The largest absolute Gasteiger partial charge is 0.397 e. The van der Waals surface area contributed by atoms with Gasteiger partial charge in [0.1, 0.15) is 5.78 Å². The molecular formula is C26H39NO5S. The molecule has 5 rings (SSSR count). The summed E-state index contributed by atoms with van der Waals surface area (Å²) in [4.78, 5) is 16.0. The van der Waals surface area contributed by atoms with Gasteiger partial charge in [0.15, 0.2) is 0 Å². The number of carbonyl (C=O) groups excluding carboxylic acids is 1. The monoisotopic (exact) mass is 477 g/mol. The van der Waals surface area contributed by atoms with E-state index in [0.717, 1.165) is 32.1 Å². The number of hydrogen-bond donors (Lipinski definition) is 1. The van der Waals surface area contributed by atoms with Gasteiger partial charge in [0.2, 0.25) is 0 Å².